The second-order valence-electron chi connectivity index (χ2n) is 4.71. The third-order valence-corrected chi connectivity index (χ3v) is 3.55. The van der Waals surface area contributed by atoms with Crippen LogP contribution in [0, 0.1) is 5.92 Å². The van der Waals surface area contributed by atoms with E-state index in [9.17, 15) is 4.79 Å². The lowest BCUT2D eigenvalue weighted by molar-refractivity contribution is -0.125. The number of benzene rings is 1. The molecule has 1 aromatic carbocycles. The van der Waals surface area contributed by atoms with Crippen LogP contribution >= 0.6 is 11.6 Å². The highest BCUT2D eigenvalue weighted by Gasteiger charge is 2.19. The molecule has 0 aliphatic carbocycles. The van der Waals surface area contributed by atoms with Crippen LogP contribution in [0.5, 0.6) is 0 Å². The standard InChI is InChI=1S/C14H19ClN2O/c15-13-5-3-11(4-6-13)7-9-17-14(18)12-2-1-8-16-10-12/h3-6,12,16H,1-2,7-10H2,(H,17,18). The van der Waals surface area contributed by atoms with Crippen LogP contribution in [0.2, 0.25) is 5.02 Å². The monoisotopic (exact) mass is 266 g/mol. The molecule has 2 N–H and O–H groups in total. The lowest BCUT2D eigenvalue weighted by Gasteiger charge is -2.21. The zero-order valence-corrected chi connectivity index (χ0v) is 11.2. The Bertz CT molecular complexity index is 385. The van der Waals surface area contributed by atoms with Crippen LogP contribution in [0.3, 0.4) is 0 Å². The minimum absolute atomic E-state index is 0.143. The minimum Gasteiger partial charge on any atom is -0.355 e. The summed E-state index contributed by atoms with van der Waals surface area (Å²) in [7, 11) is 0. The van der Waals surface area contributed by atoms with Gasteiger partial charge in [-0.15, -0.1) is 0 Å². The number of halogens is 1. The van der Waals surface area contributed by atoms with Crippen LogP contribution < -0.4 is 10.6 Å². The van der Waals surface area contributed by atoms with Gasteiger partial charge in [0.1, 0.15) is 0 Å². The maximum atomic E-state index is 11.9. The summed E-state index contributed by atoms with van der Waals surface area (Å²) in [6.07, 6.45) is 2.94. The fraction of sp³-hybridized carbons (Fsp3) is 0.500. The molecule has 2 rings (SSSR count). The molecule has 1 amide bonds. The SMILES string of the molecule is O=C(NCCc1ccc(Cl)cc1)C1CCCNC1. The van der Waals surface area contributed by atoms with Crippen molar-refractivity contribution < 1.29 is 4.79 Å². The third-order valence-electron chi connectivity index (χ3n) is 3.29. The van der Waals surface area contributed by atoms with Gasteiger partial charge in [-0.3, -0.25) is 4.79 Å². The van der Waals surface area contributed by atoms with Crippen molar-refractivity contribution in [3.8, 4) is 0 Å². The Balaban J connectivity index is 1.71. The molecule has 1 aliphatic rings. The summed E-state index contributed by atoms with van der Waals surface area (Å²) in [5.74, 6) is 0.320. The molecule has 0 radical (unpaired) electrons. The molecule has 1 heterocycles. The van der Waals surface area contributed by atoms with Crippen molar-refractivity contribution >= 4 is 17.5 Å². The topological polar surface area (TPSA) is 41.1 Å². The highest BCUT2D eigenvalue weighted by molar-refractivity contribution is 6.30. The number of amides is 1. The Morgan fingerprint density at radius 3 is 2.83 bits per heavy atom. The van der Waals surface area contributed by atoms with Crippen LogP contribution in [0.1, 0.15) is 18.4 Å². The normalized spacial score (nSPS) is 19.5. The number of hydrogen-bond donors (Lipinski definition) is 2. The predicted molar refractivity (Wildman–Crippen MR) is 73.8 cm³/mol. The van der Waals surface area contributed by atoms with Gasteiger partial charge in [0.25, 0.3) is 0 Å². The average Bonchev–Trinajstić information content (AvgIpc) is 2.42. The van der Waals surface area contributed by atoms with Crippen molar-refractivity contribution in [2.45, 2.75) is 19.3 Å². The van der Waals surface area contributed by atoms with Crippen molar-refractivity contribution in [1.29, 1.82) is 0 Å². The zero-order valence-electron chi connectivity index (χ0n) is 10.4. The lowest BCUT2D eigenvalue weighted by atomic mass is 9.99. The van der Waals surface area contributed by atoms with Crippen molar-refractivity contribution in [3.05, 3.63) is 34.9 Å². The first-order chi connectivity index (χ1) is 8.75. The largest absolute Gasteiger partial charge is 0.355 e. The van der Waals surface area contributed by atoms with Crippen LogP contribution in [0.15, 0.2) is 24.3 Å². The van der Waals surface area contributed by atoms with Gasteiger partial charge in [0.05, 0.1) is 5.92 Å². The number of hydrogen-bond acceptors (Lipinski definition) is 2. The number of carbonyl (C=O) groups is 1. The van der Waals surface area contributed by atoms with Crippen molar-refractivity contribution in [2.24, 2.45) is 5.92 Å². The van der Waals surface area contributed by atoms with Gasteiger partial charge < -0.3 is 10.6 Å². The second-order valence-corrected chi connectivity index (χ2v) is 5.15. The molecular formula is C14H19ClN2O. The van der Waals surface area contributed by atoms with E-state index in [4.69, 9.17) is 11.6 Å². The Hall–Kier alpha value is -1.06. The summed E-state index contributed by atoms with van der Waals surface area (Å²) in [6, 6.07) is 7.75. The van der Waals surface area contributed by atoms with Gasteiger partial charge in [-0.25, -0.2) is 0 Å². The number of carbonyl (C=O) groups excluding carboxylic acids is 1. The molecule has 0 saturated carbocycles. The van der Waals surface area contributed by atoms with E-state index in [0.717, 1.165) is 37.4 Å². The molecule has 0 bridgehead atoms. The van der Waals surface area contributed by atoms with Gasteiger partial charge in [-0.05, 0) is 43.5 Å². The summed E-state index contributed by atoms with van der Waals surface area (Å²) < 4.78 is 0. The van der Waals surface area contributed by atoms with Gasteiger partial charge in [0.15, 0.2) is 0 Å². The van der Waals surface area contributed by atoms with Crippen LogP contribution in [0.4, 0.5) is 0 Å². The smallest absolute Gasteiger partial charge is 0.224 e. The van der Waals surface area contributed by atoms with Gasteiger partial charge in [0.2, 0.25) is 5.91 Å². The summed E-state index contributed by atoms with van der Waals surface area (Å²) in [4.78, 5) is 11.9. The number of piperidine rings is 1. The Labute approximate surface area is 113 Å². The Kier molecular flexibility index (Phi) is 5.02. The fourth-order valence-electron chi connectivity index (χ4n) is 2.20. The van der Waals surface area contributed by atoms with E-state index < -0.39 is 0 Å². The Morgan fingerprint density at radius 2 is 2.17 bits per heavy atom. The molecule has 98 valence electrons. The highest BCUT2D eigenvalue weighted by Crippen LogP contribution is 2.11. The van der Waals surface area contributed by atoms with E-state index in [1.807, 2.05) is 24.3 Å². The van der Waals surface area contributed by atoms with Gasteiger partial charge in [-0.1, -0.05) is 23.7 Å². The third kappa shape index (κ3) is 4.00. The number of rotatable bonds is 4. The maximum Gasteiger partial charge on any atom is 0.224 e. The summed E-state index contributed by atoms with van der Waals surface area (Å²) in [5.41, 5.74) is 1.20. The summed E-state index contributed by atoms with van der Waals surface area (Å²) in [5, 5.41) is 7.00. The quantitative estimate of drug-likeness (QED) is 0.875. The van der Waals surface area contributed by atoms with E-state index in [1.54, 1.807) is 0 Å². The average molecular weight is 267 g/mol. The second kappa shape index (κ2) is 6.76. The summed E-state index contributed by atoms with van der Waals surface area (Å²) in [6.45, 7) is 2.54. The molecule has 1 saturated heterocycles. The van der Waals surface area contributed by atoms with E-state index in [0.29, 0.717) is 6.54 Å². The molecule has 1 fully saturated rings. The van der Waals surface area contributed by atoms with E-state index >= 15 is 0 Å². The molecule has 4 heteroatoms. The molecule has 1 atom stereocenters. The molecule has 1 aromatic rings. The van der Waals surface area contributed by atoms with Crippen molar-refractivity contribution in [1.82, 2.24) is 10.6 Å². The molecule has 18 heavy (non-hydrogen) atoms. The van der Waals surface area contributed by atoms with Gasteiger partial charge in [-0.2, -0.15) is 0 Å². The highest BCUT2D eigenvalue weighted by atomic mass is 35.5. The zero-order chi connectivity index (χ0) is 12.8. The fourth-order valence-corrected chi connectivity index (χ4v) is 2.33. The number of nitrogens with one attached hydrogen (secondary N) is 2. The molecule has 0 aromatic heterocycles. The predicted octanol–water partition coefficient (Wildman–Crippen LogP) is 2.00. The van der Waals surface area contributed by atoms with Crippen LogP contribution in [-0.4, -0.2) is 25.5 Å². The minimum atomic E-state index is 0.143. The van der Waals surface area contributed by atoms with Crippen molar-refractivity contribution in [2.75, 3.05) is 19.6 Å². The molecule has 0 spiro atoms. The molecular weight excluding hydrogens is 248 g/mol. The van der Waals surface area contributed by atoms with E-state index in [2.05, 4.69) is 10.6 Å². The first-order valence-corrected chi connectivity index (χ1v) is 6.86. The summed E-state index contributed by atoms with van der Waals surface area (Å²) >= 11 is 5.82. The van der Waals surface area contributed by atoms with E-state index in [-0.39, 0.29) is 11.8 Å². The lowest BCUT2D eigenvalue weighted by Crippen LogP contribution is -2.41. The van der Waals surface area contributed by atoms with E-state index in [1.165, 1.54) is 5.56 Å². The molecule has 1 unspecified atom stereocenters. The Morgan fingerprint density at radius 1 is 1.39 bits per heavy atom. The van der Waals surface area contributed by atoms with Gasteiger partial charge >= 0.3 is 0 Å². The maximum absolute atomic E-state index is 11.9. The van der Waals surface area contributed by atoms with Crippen LogP contribution in [0.25, 0.3) is 0 Å². The first kappa shape index (κ1) is 13.4. The molecule has 1 aliphatic heterocycles. The van der Waals surface area contributed by atoms with Crippen molar-refractivity contribution in [3.63, 3.8) is 0 Å². The van der Waals surface area contributed by atoms with Crippen LogP contribution in [-0.2, 0) is 11.2 Å². The first-order valence-electron chi connectivity index (χ1n) is 6.48. The molecule has 3 nitrogen and oxygen atoms in total. The van der Waals surface area contributed by atoms with Gasteiger partial charge in [0, 0.05) is 18.1 Å².